The van der Waals surface area contributed by atoms with Gasteiger partial charge in [-0.1, -0.05) is 172 Å². The zero-order valence-corrected chi connectivity index (χ0v) is 29.5. The van der Waals surface area contributed by atoms with Gasteiger partial charge in [0, 0.05) is 21.3 Å². The van der Waals surface area contributed by atoms with Gasteiger partial charge < -0.3 is 4.57 Å². The quantitative estimate of drug-likeness (QED) is 0.135. The minimum atomic E-state index is -3.11. The van der Waals surface area contributed by atoms with E-state index >= 15 is 4.57 Å². The second-order valence-corrected chi connectivity index (χ2v) is 17.1. The molecule has 0 saturated heterocycles. The molecular formula is C49H35OP. The Kier molecular flexibility index (Phi) is 6.57. The average Bonchev–Trinajstić information content (AvgIpc) is 3.42. The van der Waals surface area contributed by atoms with Crippen LogP contribution in [0.4, 0.5) is 0 Å². The van der Waals surface area contributed by atoms with Crippen molar-refractivity contribution in [3.63, 3.8) is 0 Å². The van der Waals surface area contributed by atoms with Gasteiger partial charge in [0.05, 0.1) is 0 Å². The lowest BCUT2D eigenvalue weighted by atomic mass is 9.81. The van der Waals surface area contributed by atoms with Crippen LogP contribution in [0.1, 0.15) is 25.0 Å². The predicted molar refractivity (Wildman–Crippen MR) is 219 cm³/mol. The van der Waals surface area contributed by atoms with Crippen molar-refractivity contribution in [3.8, 4) is 22.3 Å². The molecule has 0 spiro atoms. The monoisotopic (exact) mass is 670 g/mol. The highest BCUT2D eigenvalue weighted by molar-refractivity contribution is 7.85. The first-order chi connectivity index (χ1) is 24.9. The molecule has 0 fully saturated rings. The molecule has 0 heterocycles. The van der Waals surface area contributed by atoms with E-state index in [9.17, 15) is 0 Å². The Labute approximate surface area is 298 Å². The van der Waals surface area contributed by atoms with Crippen molar-refractivity contribution in [1.29, 1.82) is 0 Å². The van der Waals surface area contributed by atoms with Crippen LogP contribution in [0.5, 0.6) is 0 Å². The van der Waals surface area contributed by atoms with Gasteiger partial charge in [0.25, 0.3) is 0 Å². The molecule has 0 unspecified atom stereocenters. The van der Waals surface area contributed by atoms with Crippen LogP contribution in [0.15, 0.2) is 176 Å². The molecular weight excluding hydrogens is 636 g/mol. The van der Waals surface area contributed by atoms with E-state index in [2.05, 4.69) is 129 Å². The maximum Gasteiger partial charge on any atom is 0.171 e. The minimum absolute atomic E-state index is 0.287. The summed E-state index contributed by atoms with van der Waals surface area (Å²) in [6, 6.07) is 62.5. The first-order valence-electron chi connectivity index (χ1n) is 17.7. The van der Waals surface area contributed by atoms with Crippen molar-refractivity contribution < 1.29 is 4.57 Å². The molecule has 10 rings (SSSR count). The molecule has 0 radical (unpaired) electrons. The van der Waals surface area contributed by atoms with Crippen LogP contribution in [0.2, 0.25) is 0 Å². The van der Waals surface area contributed by atoms with Crippen LogP contribution in [-0.4, -0.2) is 0 Å². The lowest BCUT2D eigenvalue weighted by molar-refractivity contribution is 0.592. The maximum atomic E-state index is 15.3. The summed E-state index contributed by atoms with van der Waals surface area (Å²) in [5, 5.41) is 12.9. The van der Waals surface area contributed by atoms with Gasteiger partial charge in [0.1, 0.15) is 0 Å². The SMILES string of the molecule is CC1(C)c2cc(-c3cc4c5ccccc5c5ccccc5c4c4ccccc34)ccc2-c2ccc(P(=O)(c3ccccc3)c3ccccc3)cc21. The number of hydrogen-bond donors (Lipinski definition) is 0. The Balaban J connectivity index is 1.17. The Morgan fingerprint density at radius 2 is 0.824 bits per heavy atom. The maximum absolute atomic E-state index is 15.3. The summed E-state index contributed by atoms with van der Waals surface area (Å²) in [4.78, 5) is 0. The number of fused-ring (bicyclic) bond motifs is 11. The summed E-state index contributed by atoms with van der Waals surface area (Å²) in [6.07, 6.45) is 0. The summed E-state index contributed by atoms with van der Waals surface area (Å²) in [5.41, 5.74) is 7.16. The molecule has 1 nitrogen and oxygen atoms in total. The molecule has 1 aliphatic rings. The number of rotatable bonds is 4. The molecule has 0 aromatic heterocycles. The molecule has 51 heavy (non-hydrogen) atoms. The van der Waals surface area contributed by atoms with Crippen LogP contribution in [0, 0.1) is 0 Å². The molecule has 9 aromatic carbocycles. The Morgan fingerprint density at radius 1 is 0.373 bits per heavy atom. The molecule has 1 aliphatic carbocycles. The molecule has 242 valence electrons. The first kappa shape index (κ1) is 30.1. The van der Waals surface area contributed by atoms with Gasteiger partial charge >= 0.3 is 0 Å². The fraction of sp³-hybridized carbons (Fsp3) is 0.0612. The third-order valence-corrected chi connectivity index (χ3v) is 14.4. The lowest BCUT2D eigenvalue weighted by Gasteiger charge is -2.25. The molecule has 0 bridgehead atoms. The Hall–Kier alpha value is -5.75. The number of benzene rings is 9. The average molecular weight is 671 g/mol. The van der Waals surface area contributed by atoms with E-state index in [0.717, 1.165) is 15.9 Å². The number of hydrogen-bond acceptors (Lipinski definition) is 1. The van der Waals surface area contributed by atoms with Crippen molar-refractivity contribution in [2.45, 2.75) is 19.3 Å². The highest BCUT2D eigenvalue weighted by atomic mass is 31.2. The largest absolute Gasteiger partial charge is 0.309 e. The summed E-state index contributed by atoms with van der Waals surface area (Å²) in [7, 11) is -3.11. The van der Waals surface area contributed by atoms with Crippen molar-refractivity contribution in [2.75, 3.05) is 0 Å². The molecule has 0 aliphatic heterocycles. The summed E-state index contributed by atoms with van der Waals surface area (Å²) < 4.78 is 15.3. The van der Waals surface area contributed by atoms with Gasteiger partial charge in [-0.05, 0) is 94.7 Å². The van der Waals surface area contributed by atoms with Gasteiger partial charge in [-0.25, -0.2) is 0 Å². The van der Waals surface area contributed by atoms with Crippen molar-refractivity contribution in [1.82, 2.24) is 0 Å². The van der Waals surface area contributed by atoms with Crippen LogP contribution in [-0.2, 0) is 9.98 Å². The molecule has 0 N–H and O–H groups in total. The third-order valence-electron chi connectivity index (χ3n) is 11.3. The van der Waals surface area contributed by atoms with Crippen LogP contribution in [0.25, 0.3) is 65.3 Å². The van der Waals surface area contributed by atoms with Crippen LogP contribution in [0.3, 0.4) is 0 Å². The standard InChI is InChI=1S/C49H35OP/c1-49(2)46-29-32(44-31-45-38-21-10-9-19-36(38)37-20-11-13-23-42(37)48(45)43-24-14-12-22-39(43)44)25-27-40(46)41-28-26-35(30-47(41)49)51(50,33-15-5-3-6-16-33)34-17-7-4-8-18-34/h3-31H,1-2H3. The second kappa shape index (κ2) is 11.1. The van der Waals surface area contributed by atoms with E-state index in [-0.39, 0.29) is 5.41 Å². The Bertz CT molecular complexity index is 2860. The smallest absolute Gasteiger partial charge is 0.171 e. The fourth-order valence-electron chi connectivity index (χ4n) is 8.82. The third kappa shape index (κ3) is 4.32. The van der Waals surface area contributed by atoms with Gasteiger partial charge in [-0.3, -0.25) is 0 Å². The van der Waals surface area contributed by atoms with Crippen LogP contribution < -0.4 is 15.9 Å². The van der Waals surface area contributed by atoms with E-state index in [4.69, 9.17) is 0 Å². The Morgan fingerprint density at radius 3 is 1.43 bits per heavy atom. The van der Waals surface area contributed by atoms with E-state index in [0.29, 0.717) is 0 Å². The lowest BCUT2D eigenvalue weighted by Crippen LogP contribution is -2.26. The first-order valence-corrected chi connectivity index (χ1v) is 19.4. The van der Waals surface area contributed by atoms with Gasteiger partial charge in [0.15, 0.2) is 7.14 Å². The van der Waals surface area contributed by atoms with Crippen molar-refractivity contribution in [3.05, 3.63) is 187 Å². The summed E-state index contributed by atoms with van der Waals surface area (Å²) in [6.45, 7) is 4.64. The zero-order valence-electron chi connectivity index (χ0n) is 28.6. The van der Waals surface area contributed by atoms with Gasteiger partial charge in [0.2, 0.25) is 0 Å². The van der Waals surface area contributed by atoms with Crippen molar-refractivity contribution in [2.24, 2.45) is 0 Å². The second-order valence-electron chi connectivity index (χ2n) is 14.4. The zero-order chi connectivity index (χ0) is 34.3. The van der Waals surface area contributed by atoms with E-state index in [1.165, 1.54) is 76.5 Å². The van der Waals surface area contributed by atoms with E-state index < -0.39 is 7.14 Å². The van der Waals surface area contributed by atoms with E-state index in [1.807, 2.05) is 60.7 Å². The topological polar surface area (TPSA) is 17.1 Å². The van der Waals surface area contributed by atoms with E-state index in [1.54, 1.807) is 0 Å². The summed E-state index contributed by atoms with van der Waals surface area (Å²) in [5.74, 6) is 0. The highest BCUT2D eigenvalue weighted by Crippen LogP contribution is 2.52. The molecule has 0 amide bonds. The fourth-order valence-corrected chi connectivity index (χ4v) is 11.5. The van der Waals surface area contributed by atoms with Crippen molar-refractivity contribution >= 4 is 66.1 Å². The normalized spacial score (nSPS) is 13.5. The highest BCUT2D eigenvalue weighted by Gasteiger charge is 2.38. The molecule has 0 atom stereocenters. The molecule has 2 heteroatoms. The van der Waals surface area contributed by atoms with Gasteiger partial charge in [-0.2, -0.15) is 0 Å². The van der Waals surface area contributed by atoms with Crippen LogP contribution >= 0.6 is 7.14 Å². The van der Waals surface area contributed by atoms with Gasteiger partial charge in [-0.15, -0.1) is 0 Å². The minimum Gasteiger partial charge on any atom is -0.309 e. The molecule has 0 saturated carbocycles. The summed E-state index contributed by atoms with van der Waals surface area (Å²) >= 11 is 0. The predicted octanol–water partition coefficient (Wildman–Crippen LogP) is 11.9. The molecule has 9 aromatic rings.